The number of alkyl carbamates (subject to hydrolysis) is 1. The molecule has 2 amide bonds. The predicted molar refractivity (Wildman–Crippen MR) is 109 cm³/mol. The fourth-order valence-electron chi connectivity index (χ4n) is 3.70. The Labute approximate surface area is 177 Å². The molecule has 0 aromatic rings. The second-order valence-electron chi connectivity index (χ2n) is 8.48. The molecule has 0 spiro atoms. The van der Waals surface area contributed by atoms with Crippen molar-refractivity contribution in [2.45, 2.75) is 97.0 Å². The minimum atomic E-state index is -0.890. The van der Waals surface area contributed by atoms with Crippen LogP contribution in [0.5, 0.6) is 0 Å². The van der Waals surface area contributed by atoms with Crippen LogP contribution in [0.25, 0.3) is 0 Å². The molecule has 0 saturated carbocycles. The van der Waals surface area contributed by atoms with E-state index in [1.54, 1.807) is 33.8 Å². The van der Waals surface area contributed by atoms with Crippen molar-refractivity contribution in [1.29, 1.82) is 0 Å². The molecule has 9 nitrogen and oxygen atoms in total. The van der Waals surface area contributed by atoms with E-state index in [0.29, 0.717) is 12.8 Å². The Morgan fingerprint density at radius 2 is 1.73 bits per heavy atom. The maximum absolute atomic E-state index is 12.7. The summed E-state index contributed by atoms with van der Waals surface area (Å²) in [4.78, 5) is 37.0. The lowest BCUT2D eigenvalue weighted by atomic mass is 9.86. The monoisotopic (exact) mass is 426 g/mol. The van der Waals surface area contributed by atoms with Gasteiger partial charge in [0, 0.05) is 6.92 Å². The van der Waals surface area contributed by atoms with Crippen LogP contribution in [0.3, 0.4) is 0 Å². The molecule has 30 heavy (non-hydrogen) atoms. The van der Waals surface area contributed by atoms with Crippen molar-refractivity contribution in [3.63, 3.8) is 0 Å². The minimum absolute atomic E-state index is 0.195. The summed E-state index contributed by atoms with van der Waals surface area (Å²) in [5, 5.41) is 5.58. The molecule has 2 aliphatic rings. The third-order valence-electron chi connectivity index (χ3n) is 5.04. The zero-order chi connectivity index (χ0) is 22.7. The molecule has 9 heteroatoms. The molecule has 1 heterocycles. The molecule has 1 aliphatic carbocycles. The van der Waals surface area contributed by atoms with Crippen molar-refractivity contribution < 1.29 is 33.3 Å². The summed E-state index contributed by atoms with van der Waals surface area (Å²) in [6, 6.07) is -1.41. The van der Waals surface area contributed by atoms with E-state index in [0.717, 1.165) is 0 Å². The van der Waals surface area contributed by atoms with E-state index in [4.69, 9.17) is 18.9 Å². The number of amides is 2. The van der Waals surface area contributed by atoms with Gasteiger partial charge < -0.3 is 29.6 Å². The smallest absolute Gasteiger partial charge is 0.408 e. The highest BCUT2D eigenvalue weighted by Gasteiger charge is 2.55. The van der Waals surface area contributed by atoms with Crippen molar-refractivity contribution in [3.05, 3.63) is 11.6 Å². The molecule has 0 aromatic carbocycles. The summed E-state index contributed by atoms with van der Waals surface area (Å²) in [6.07, 6.45) is 0.606. The van der Waals surface area contributed by atoms with E-state index < -0.39 is 47.7 Å². The van der Waals surface area contributed by atoms with Crippen LogP contribution in [-0.4, -0.2) is 60.3 Å². The van der Waals surface area contributed by atoms with Crippen molar-refractivity contribution in [1.82, 2.24) is 10.6 Å². The summed E-state index contributed by atoms with van der Waals surface area (Å²) >= 11 is 0. The zero-order valence-electron chi connectivity index (χ0n) is 18.9. The molecule has 1 fully saturated rings. The van der Waals surface area contributed by atoms with Crippen LogP contribution in [0.1, 0.15) is 61.3 Å². The number of carbonyl (C=O) groups excluding carboxylic acids is 3. The normalized spacial score (nSPS) is 27.5. The Kier molecular flexibility index (Phi) is 7.52. The molecule has 2 rings (SSSR count). The second kappa shape index (κ2) is 9.34. The van der Waals surface area contributed by atoms with Crippen LogP contribution in [-0.2, 0) is 28.5 Å². The van der Waals surface area contributed by atoms with Crippen LogP contribution >= 0.6 is 0 Å². The molecule has 170 valence electrons. The van der Waals surface area contributed by atoms with Crippen LogP contribution in [0.2, 0.25) is 0 Å². The van der Waals surface area contributed by atoms with Crippen LogP contribution in [0, 0.1) is 0 Å². The van der Waals surface area contributed by atoms with Gasteiger partial charge in [-0.15, -0.1) is 0 Å². The van der Waals surface area contributed by atoms with E-state index in [2.05, 4.69) is 10.6 Å². The first-order chi connectivity index (χ1) is 13.9. The Balaban J connectivity index is 2.44. The minimum Gasteiger partial charge on any atom is -0.463 e. The van der Waals surface area contributed by atoms with Crippen molar-refractivity contribution in [3.8, 4) is 0 Å². The van der Waals surface area contributed by atoms with Gasteiger partial charge >= 0.3 is 12.1 Å². The Bertz CT molecular complexity index is 694. The fraction of sp³-hybridized carbons (Fsp3) is 0.762. The fourth-order valence-corrected chi connectivity index (χ4v) is 3.70. The summed E-state index contributed by atoms with van der Waals surface area (Å²) in [5.74, 6) is -1.73. The van der Waals surface area contributed by atoms with Gasteiger partial charge in [-0.3, -0.25) is 4.79 Å². The average Bonchev–Trinajstić information content (AvgIpc) is 3.02. The highest BCUT2D eigenvalue weighted by atomic mass is 16.8. The predicted octanol–water partition coefficient (Wildman–Crippen LogP) is 2.19. The van der Waals surface area contributed by atoms with Gasteiger partial charge in [0.2, 0.25) is 5.91 Å². The highest BCUT2D eigenvalue weighted by molar-refractivity contribution is 5.90. The van der Waals surface area contributed by atoms with Crippen LogP contribution in [0.4, 0.5) is 4.79 Å². The maximum atomic E-state index is 12.7. The first-order valence-electron chi connectivity index (χ1n) is 10.5. The Morgan fingerprint density at radius 3 is 2.23 bits per heavy atom. The lowest BCUT2D eigenvalue weighted by Crippen LogP contribution is -2.61. The first-order valence-corrected chi connectivity index (χ1v) is 10.5. The molecule has 4 atom stereocenters. The van der Waals surface area contributed by atoms with Crippen molar-refractivity contribution in [2.24, 2.45) is 0 Å². The lowest BCUT2D eigenvalue weighted by Gasteiger charge is -2.37. The number of fused-ring (bicyclic) bond motifs is 1. The standard InChI is InChI=1S/C21H34N2O7/c1-8-21(9-2)28-16-13(18(25)27-10-3)11-14(23-19(26)30-20(5,6)7)15(17(16)29-21)22-12(4)24/h11,14-17H,8-10H2,1-7H3,(H,22,24)(H,23,26)/t14-,15+,16+,17-/m0/s1. The highest BCUT2D eigenvalue weighted by Crippen LogP contribution is 2.41. The van der Waals surface area contributed by atoms with Gasteiger partial charge in [-0.25, -0.2) is 9.59 Å². The molecule has 1 aliphatic heterocycles. The third kappa shape index (κ3) is 5.51. The molecule has 0 aromatic heterocycles. The molecular formula is C21H34N2O7. The van der Waals surface area contributed by atoms with Crippen LogP contribution < -0.4 is 10.6 Å². The molecule has 2 N–H and O–H groups in total. The molecule has 0 radical (unpaired) electrons. The van der Waals surface area contributed by atoms with Gasteiger partial charge in [0.15, 0.2) is 5.79 Å². The number of carbonyl (C=O) groups is 3. The molecule has 0 bridgehead atoms. The second-order valence-corrected chi connectivity index (χ2v) is 8.48. The molecule has 0 unspecified atom stereocenters. The van der Waals surface area contributed by atoms with Crippen LogP contribution in [0.15, 0.2) is 11.6 Å². The van der Waals surface area contributed by atoms with Gasteiger partial charge in [0.25, 0.3) is 0 Å². The topological polar surface area (TPSA) is 112 Å². The van der Waals surface area contributed by atoms with Gasteiger partial charge in [-0.2, -0.15) is 0 Å². The number of esters is 1. The van der Waals surface area contributed by atoms with E-state index >= 15 is 0 Å². The summed E-state index contributed by atoms with van der Waals surface area (Å²) < 4.78 is 23.0. The average molecular weight is 427 g/mol. The summed E-state index contributed by atoms with van der Waals surface area (Å²) in [5.41, 5.74) is -0.446. The number of hydrogen-bond donors (Lipinski definition) is 2. The molecule has 1 saturated heterocycles. The van der Waals surface area contributed by atoms with Gasteiger partial charge in [0.05, 0.1) is 24.3 Å². The summed E-state index contributed by atoms with van der Waals surface area (Å²) in [7, 11) is 0. The SMILES string of the molecule is CCOC(=O)C1=C[C@H](NC(=O)OC(C)(C)C)[C@@H](NC(C)=O)[C@@H]2OC(CC)(CC)O[C@H]12. The Morgan fingerprint density at radius 1 is 1.10 bits per heavy atom. The van der Waals surface area contributed by atoms with Crippen molar-refractivity contribution >= 4 is 18.0 Å². The number of ether oxygens (including phenoxy) is 4. The zero-order valence-corrected chi connectivity index (χ0v) is 18.9. The maximum Gasteiger partial charge on any atom is 0.408 e. The quantitative estimate of drug-likeness (QED) is 0.626. The number of nitrogens with one attached hydrogen (secondary N) is 2. The van der Waals surface area contributed by atoms with E-state index in [1.165, 1.54) is 6.92 Å². The Hall–Kier alpha value is -2.13. The lowest BCUT2D eigenvalue weighted by molar-refractivity contribution is -0.179. The first kappa shape index (κ1) is 24.1. The summed E-state index contributed by atoms with van der Waals surface area (Å²) in [6.45, 7) is 12.4. The van der Waals surface area contributed by atoms with E-state index in [-0.39, 0.29) is 18.1 Å². The van der Waals surface area contributed by atoms with Crippen molar-refractivity contribution in [2.75, 3.05) is 6.61 Å². The van der Waals surface area contributed by atoms with E-state index in [9.17, 15) is 14.4 Å². The molecular weight excluding hydrogens is 392 g/mol. The van der Waals surface area contributed by atoms with Gasteiger partial charge in [-0.1, -0.05) is 13.8 Å². The largest absolute Gasteiger partial charge is 0.463 e. The number of hydrogen-bond acceptors (Lipinski definition) is 7. The van der Waals surface area contributed by atoms with E-state index in [1.807, 2.05) is 13.8 Å². The number of rotatable bonds is 6. The van der Waals surface area contributed by atoms with Gasteiger partial charge in [-0.05, 0) is 46.6 Å². The third-order valence-corrected chi connectivity index (χ3v) is 5.04. The van der Waals surface area contributed by atoms with Gasteiger partial charge in [0.1, 0.15) is 17.8 Å².